The number of carbonyl (C=O) groups is 1. The number of hydrogen-bond acceptors (Lipinski definition) is 5. The topological polar surface area (TPSA) is 91.6 Å². The van der Waals surface area contributed by atoms with Crippen LogP contribution >= 0.6 is 31.9 Å². The summed E-state index contributed by atoms with van der Waals surface area (Å²) < 4.78 is 11.0. The zero-order valence-corrected chi connectivity index (χ0v) is 17.0. The maximum Gasteiger partial charge on any atom is 0.266 e. The number of nitrogens with one attached hydrogen (secondary N) is 1. The van der Waals surface area contributed by atoms with Crippen LogP contribution in [-0.2, 0) is 4.79 Å². The molecule has 0 unspecified atom stereocenters. The van der Waals surface area contributed by atoms with Gasteiger partial charge in [-0.1, -0.05) is 0 Å². The van der Waals surface area contributed by atoms with Crippen molar-refractivity contribution >= 4 is 49.5 Å². The Balaban J connectivity index is 2.33. The Bertz CT molecular complexity index is 903. The van der Waals surface area contributed by atoms with Crippen molar-refractivity contribution < 1.29 is 19.4 Å². The molecule has 8 heteroatoms. The van der Waals surface area contributed by atoms with Gasteiger partial charge in [-0.05, 0) is 73.8 Å². The highest BCUT2D eigenvalue weighted by atomic mass is 79.9. The number of rotatable bonds is 5. The van der Waals surface area contributed by atoms with Crippen molar-refractivity contribution in [3.05, 3.63) is 50.4 Å². The van der Waals surface area contributed by atoms with Crippen molar-refractivity contribution in [2.24, 2.45) is 0 Å². The normalized spacial score (nSPS) is 10.8. The largest absolute Gasteiger partial charge is 0.503 e. The number of aromatic hydroxyl groups is 1. The lowest BCUT2D eigenvalue weighted by Gasteiger charge is -2.10. The van der Waals surface area contributed by atoms with E-state index in [4.69, 9.17) is 9.47 Å². The molecule has 0 aromatic heterocycles. The SMILES string of the molecule is COc1ccc(NC(=O)/C(C#N)=C\c2cc(OC)c(O)c(Br)c2Br)cc1. The van der Waals surface area contributed by atoms with Crippen LogP contribution in [0.3, 0.4) is 0 Å². The Morgan fingerprint density at radius 3 is 2.38 bits per heavy atom. The van der Waals surface area contributed by atoms with E-state index in [1.54, 1.807) is 31.4 Å². The summed E-state index contributed by atoms with van der Waals surface area (Å²) in [4.78, 5) is 12.4. The van der Waals surface area contributed by atoms with E-state index < -0.39 is 5.91 Å². The molecule has 2 aromatic rings. The lowest BCUT2D eigenvalue weighted by atomic mass is 10.1. The first-order valence-electron chi connectivity index (χ1n) is 7.23. The molecule has 0 radical (unpaired) electrons. The second kappa shape index (κ2) is 8.74. The third-order valence-corrected chi connectivity index (χ3v) is 5.57. The van der Waals surface area contributed by atoms with Crippen molar-refractivity contribution in [3.63, 3.8) is 0 Å². The summed E-state index contributed by atoms with van der Waals surface area (Å²) >= 11 is 6.56. The zero-order chi connectivity index (χ0) is 19.3. The number of amides is 1. The molecule has 0 saturated heterocycles. The molecule has 2 N–H and O–H groups in total. The van der Waals surface area contributed by atoms with Crippen LogP contribution < -0.4 is 14.8 Å². The summed E-state index contributed by atoms with van der Waals surface area (Å²) in [5.41, 5.74) is 0.912. The average molecular weight is 482 g/mol. The molecular formula is C18H14Br2N2O4. The van der Waals surface area contributed by atoms with E-state index >= 15 is 0 Å². The Labute approximate surface area is 167 Å². The second-order valence-corrected chi connectivity index (χ2v) is 6.58. The van der Waals surface area contributed by atoms with Gasteiger partial charge in [0, 0.05) is 10.2 Å². The highest BCUT2D eigenvalue weighted by Gasteiger charge is 2.16. The first-order valence-corrected chi connectivity index (χ1v) is 8.82. The number of phenolic OH excluding ortho intramolecular Hbond substituents is 1. The average Bonchev–Trinajstić information content (AvgIpc) is 2.66. The minimum absolute atomic E-state index is 0.0854. The molecule has 0 fully saturated rings. The molecule has 0 heterocycles. The summed E-state index contributed by atoms with van der Waals surface area (Å²) in [7, 11) is 2.95. The van der Waals surface area contributed by atoms with E-state index in [-0.39, 0.29) is 17.1 Å². The van der Waals surface area contributed by atoms with Crippen LogP contribution in [0.5, 0.6) is 17.2 Å². The number of carbonyl (C=O) groups excluding carboxylic acids is 1. The van der Waals surface area contributed by atoms with Crippen LogP contribution in [0, 0.1) is 11.3 Å². The summed E-state index contributed by atoms with van der Waals surface area (Å²) in [6.45, 7) is 0. The van der Waals surface area contributed by atoms with Crippen molar-refractivity contribution in [2.75, 3.05) is 19.5 Å². The molecule has 0 aliphatic carbocycles. The van der Waals surface area contributed by atoms with Crippen molar-refractivity contribution in [1.82, 2.24) is 0 Å². The zero-order valence-electron chi connectivity index (χ0n) is 13.8. The Kier molecular flexibility index (Phi) is 6.66. The van der Waals surface area contributed by atoms with Crippen molar-refractivity contribution in [1.29, 1.82) is 5.26 Å². The van der Waals surface area contributed by atoms with Gasteiger partial charge in [0.05, 0.1) is 18.7 Å². The van der Waals surface area contributed by atoms with Gasteiger partial charge in [0.2, 0.25) is 0 Å². The molecule has 0 bridgehead atoms. The van der Waals surface area contributed by atoms with Gasteiger partial charge in [-0.15, -0.1) is 0 Å². The molecule has 1 amide bonds. The third kappa shape index (κ3) is 4.36. The molecule has 2 aromatic carbocycles. The van der Waals surface area contributed by atoms with Gasteiger partial charge in [0.15, 0.2) is 11.5 Å². The molecule has 6 nitrogen and oxygen atoms in total. The van der Waals surface area contributed by atoms with Crippen LogP contribution in [0.4, 0.5) is 5.69 Å². The summed E-state index contributed by atoms with van der Waals surface area (Å²) in [6, 6.07) is 10.1. The lowest BCUT2D eigenvalue weighted by molar-refractivity contribution is -0.112. The number of anilines is 1. The minimum atomic E-state index is -0.562. The van der Waals surface area contributed by atoms with Gasteiger partial charge in [-0.2, -0.15) is 5.26 Å². The smallest absolute Gasteiger partial charge is 0.266 e. The fraction of sp³-hybridized carbons (Fsp3) is 0.111. The Morgan fingerprint density at radius 2 is 1.85 bits per heavy atom. The number of benzene rings is 2. The number of hydrogen-bond donors (Lipinski definition) is 2. The maximum absolute atomic E-state index is 12.4. The number of nitriles is 1. The molecule has 0 aliphatic heterocycles. The predicted molar refractivity (Wildman–Crippen MR) is 105 cm³/mol. The molecule has 0 spiro atoms. The van der Waals surface area contributed by atoms with Gasteiger partial charge >= 0.3 is 0 Å². The van der Waals surface area contributed by atoms with Gasteiger partial charge in [0.1, 0.15) is 17.4 Å². The fourth-order valence-electron chi connectivity index (χ4n) is 2.05. The molecule has 2 rings (SSSR count). The monoisotopic (exact) mass is 480 g/mol. The summed E-state index contributed by atoms with van der Waals surface area (Å²) in [6.07, 6.45) is 1.40. The number of phenols is 1. The van der Waals surface area contributed by atoms with Gasteiger partial charge in [0.25, 0.3) is 5.91 Å². The molecule has 0 aliphatic rings. The van der Waals surface area contributed by atoms with E-state index in [0.29, 0.717) is 25.9 Å². The van der Waals surface area contributed by atoms with E-state index in [1.165, 1.54) is 19.3 Å². The number of ether oxygens (including phenoxy) is 2. The van der Waals surface area contributed by atoms with Crippen LogP contribution in [0.25, 0.3) is 6.08 Å². The summed E-state index contributed by atoms with van der Waals surface area (Å²) in [5.74, 6) is 0.216. The Morgan fingerprint density at radius 1 is 1.19 bits per heavy atom. The lowest BCUT2D eigenvalue weighted by Crippen LogP contribution is -2.13. The van der Waals surface area contributed by atoms with Gasteiger partial charge in [-0.25, -0.2) is 0 Å². The maximum atomic E-state index is 12.4. The van der Waals surface area contributed by atoms with Crippen molar-refractivity contribution in [3.8, 4) is 23.3 Å². The number of nitrogens with zero attached hydrogens (tertiary/aromatic N) is 1. The standard InChI is InChI=1S/C18H14Br2N2O4/c1-25-13-5-3-12(4-6-13)22-18(24)11(9-21)7-10-8-14(26-2)17(23)16(20)15(10)19/h3-8,23H,1-2H3,(H,22,24)/b11-7-. The van der Waals surface area contributed by atoms with Gasteiger partial charge in [-0.3, -0.25) is 4.79 Å². The van der Waals surface area contributed by atoms with E-state index in [9.17, 15) is 15.2 Å². The van der Waals surface area contributed by atoms with Gasteiger partial charge < -0.3 is 19.9 Å². The number of methoxy groups -OCH3 is 2. The van der Waals surface area contributed by atoms with Crippen molar-refractivity contribution in [2.45, 2.75) is 0 Å². The quantitative estimate of drug-likeness (QED) is 0.485. The van der Waals surface area contributed by atoms with E-state index in [1.807, 2.05) is 6.07 Å². The minimum Gasteiger partial charge on any atom is -0.503 e. The highest BCUT2D eigenvalue weighted by molar-refractivity contribution is 9.13. The van der Waals surface area contributed by atoms with Crippen LogP contribution in [-0.4, -0.2) is 25.2 Å². The predicted octanol–water partition coefficient (Wildman–Crippen LogP) is 4.48. The van der Waals surface area contributed by atoms with E-state index in [2.05, 4.69) is 37.2 Å². The third-order valence-electron chi connectivity index (χ3n) is 3.41. The molecule has 134 valence electrons. The Hall–Kier alpha value is -2.50. The highest BCUT2D eigenvalue weighted by Crippen LogP contribution is 2.42. The fourth-order valence-corrected chi connectivity index (χ4v) is 2.89. The van der Waals surface area contributed by atoms with E-state index in [0.717, 1.165) is 0 Å². The molecule has 0 saturated carbocycles. The van der Waals surface area contributed by atoms with Crippen LogP contribution in [0.2, 0.25) is 0 Å². The van der Waals surface area contributed by atoms with Crippen LogP contribution in [0.1, 0.15) is 5.56 Å². The molecular weight excluding hydrogens is 468 g/mol. The number of halogens is 2. The second-order valence-electron chi connectivity index (χ2n) is 5.00. The first kappa shape index (κ1) is 19.8. The molecule has 0 atom stereocenters. The summed E-state index contributed by atoms with van der Waals surface area (Å²) in [5, 5.41) is 22.0. The molecule has 26 heavy (non-hydrogen) atoms. The van der Waals surface area contributed by atoms with Crippen LogP contribution in [0.15, 0.2) is 44.9 Å². The first-order chi connectivity index (χ1) is 12.4.